The molecule has 2 heterocycles. The minimum absolute atomic E-state index is 0.632. The lowest BCUT2D eigenvalue weighted by Gasteiger charge is -2.21. The predicted octanol–water partition coefficient (Wildman–Crippen LogP) is 2.70. The van der Waals surface area contributed by atoms with Gasteiger partial charge in [-0.15, -0.1) is 0 Å². The lowest BCUT2D eigenvalue weighted by Crippen LogP contribution is -2.21. The average molecular weight is 327 g/mol. The van der Waals surface area contributed by atoms with E-state index >= 15 is 0 Å². The van der Waals surface area contributed by atoms with E-state index in [2.05, 4.69) is 35.8 Å². The van der Waals surface area contributed by atoms with Gasteiger partial charge in [-0.3, -0.25) is 9.58 Å². The van der Waals surface area contributed by atoms with E-state index < -0.39 is 0 Å². The first-order valence-corrected chi connectivity index (χ1v) is 8.81. The molecule has 2 aromatic rings. The van der Waals surface area contributed by atoms with Crippen molar-refractivity contribution in [2.24, 2.45) is 7.05 Å². The minimum atomic E-state index is 0.632. The molecule has 1 aromatic heterocycles. The van der Waals surface area contributed by atoms with Crippen LogP contribution in [0.5, 0.6) is 11.5 Å². The number of fused-ring (bicyclic) bond motifs is 2. The number of aromatic nitrogens is 2. The van der Waals surface area contributed by atoms with Crippen molar-refractivity contribution < 1.29 is 9.47 Å². The summed E-state index contributed by atoms with van der Waals surface area (Å²) in [5.74, 6) is 1.72. The standard InChI is InChI=1S/C19H25N3O2/c1-21(12-14-7-8-18-19(11-14)24-10-9-23-18)13-17-15-5-3-4-6-16(15)20-22(17)2/h7-8,11H,3-6,9-10,12-13H2,1-2H3. The average Bonchev–Trinajstić information content (AvgIpc) is 2.90. The van der Waals surface area contributed by atoms with Gasteiger partial charge < -0.3 is 9.47 Å². The fourth-order valence-electron chi connectivity index (χ4n) is 3.75. The second kappa shape index (κ2) is 6.48. The van der Waals surface area contributed by atoms with Crippen molar-refractivity contribution in [3.63, 3.8) is 0 Å². The number of nitrogens with zero attached hydrogens (tertiary/aromatic N) is 3. The molecule has 0 amide bonds. The van der Waals surface area contributed by atoms with Crippen LogP contribution in [-0.2, 0) is 33.0 Å². The van der Waals surface area contributed by atoms with Crippen LogP contribution in [0.15, 0.2) is 18.2 Å². The molecule has 1 aromatic carbocycles. The van der Waals surface area contributed by atoms with Gasteiger partial charge >= 0.3 is 0 Å². The lowest BCUT2D eigenvalue weighted by molar-refractivity contribution is 0.171. The molecule has 5 heteroatoms. The SMILES string of the molecule is CN(Cc1ccc2c(c1)OCCO2)Cc1c2c(nn1C)CCCC2. The molecular formula is C19H25N3O2. The maximum absolute atomic E-state index is 5.69. The van der Waals surface area contributed by atoms with E-state index in [4.69, 9.17) is 14.6 Å². The molecule has 1 aliphatic heterocycles. The Morgan fingerprint density at radius 2 is 1.88 bits per heavy atom. The zero-order valence-corrected chi connectivity index (χ0v) is 14.5. The van der Waals surface area contributed by atoms with Crippen molar-refractivity contribution >= 4 is 0 Å². The second-order valence-corrected chi connectivity index (χ2v) is 6.85. The van der Waals surface area contributed by atoms with Gasteiger partial charge in [-0.25, -0.2) is 0 Å². The number of rotatable bonds is 4. The van der Waals surface area contributed by atoms with Crippen molar-refractivity contribution in [3.8, 4) is 11.5 Å². The van der Waals surface area contributed by atoms with E-state index in [-0.39, 0.29) is 0 Å². The molecule has 4 rings (SSSR count). The molecule has 0 atom stereocenters. The fourth-order valence-corrected chi connectivity index (χ4v) is 3.75. The van der Waals surface area contributed by atoms with Crippen molar-refractivity contribution in [1.29, 1.82) is 0 Å². The van der Waals surface area contributed by atoms with E-state index in [9.17, 15) is 0 Å². The molecule has 5 nitrogen and oxygen atoms in total. The summed E-state index contributed by atoms with van der Waals surface area (Å²) in [7, 11) is 4.24. The molecule has 2 aliphatic rings. The first-order chi connectivity index (χ1) is 11.7. The molecular weight excluding hydrogens is 302 g/mol. The van der Waals surface area contributed by atoms with Gasteiger partial charge in [0.15, 0.2) is 11.5 Å². The van der Waals surface area contributed by atoms with Crippen LogP contribution in [0.4, 0.5) is 0 Å². The second-order valence-electron chi connectivity index (χ2n) is 6.85. The normalized spacial score (nSPS) is 16.3. The van der Waals surface area contributed by atoms with E-state index in [1.165, 1.54) is 41.8 Å². The van der Waals surface area contributed by atoms with Crippen LogP contribution in [-0.4, -0.2) is 34.9 Å². The highest BCUT2D eigenvalue weighted by molar-refractivity contribution is 5.43. The number of aryl methyl sites for hydroxylation is 2. The third-order valence-corrected chi connectivity index (χ3v) is 4.93. The van der Waals surface area contributed by atoms with Crippen LogP contribution in [0.3, 0.4) is 0 Å². The van der Waals surface area contributed by atoms with Crippen molar-refractivity contribution in [2.45, 2.75) is 38.8 Å². The largest absolute Gasteiger partial charge is 0.486 e. The van der Waals surface area contributed by atoms with Gasteiger partial charge in [0, 0.05) is 20.1 Å². The van der Waals surface area contributed by atoms with Crippen LogP contribution < -0.4 is 9.47 Å². The van der Waals surface area contributed by atoms with Crippen LogP contribution in [0.2, 0.25) is 0 Å². The Bertz CT molecular complexity index is 738. The topological polar surface area (TPSA) is 39.5 Å². The molecule has 0 bridgehead atoms. The van der Waals surface area contributed by atoms with Crippen molar-refractivity contribution in [1.82, 2.24) is 14.7 Å². The minimum Gasteiger partial charge on any atom is -0.486 e. The number of hydrogen-bond acceptors (Lipinski definition) is 4. The van der Waals surface area contributed by atoms with Crippen LogP contribution >= 0.6 is 0 Å². The van der Waals surface area contributed by atoms with Crippen LogP contribution in [0.1, 0.15) is 35.4 Å². The summed E-state index contributed by atoms with van der Waals surface area (Å²) < 4.78 is 13.4. The summed E-state index contributed by atoms with van der Waals surface area (Å²) in [5, 5.41) is 4.72. The highest BCUT2D eigenvalue weighted by Crippen LogP contribution is 2.31. The molecule has 0 spiro atoms. The molecule has 0 unspecified atom stereocenters. The number of benzene rings is 1. The Morgan fingerprint density at radius 1 is 1.08 bits per heavy atom. The molecule has 0 radical (unpaired) electrons. The first kappa shape index (κ1) is 15.5. The predicted molar refractivity (Wildman–Crippen MR) is 92.5 cm³/mol. The molecule has 0 saturated carbocycles. The molecule has 1 aliphatic carbocycles. The van der Waals surface area contributed by atoms with Gasteiger partial charge in [-0.05, 0) is 56.0 Å². The Kier molecular flexibility index (Phi) is 4.19. The van der Waals surface area contributed by atoms with E-state index in [0.29, 0.717) is 13.2 Å². The van der Waals surface area contributed by atoms with Gasteiger partial charge in [0.2, 0.25) is 0 Å². The van der Waals surface area contributed by atoms with Gasteiger partial charge in [0.25, 0.3) is 0 Å². The number of hydrogen-bond donors (Lipinski definition) is 0. The number of ether oxygens (including phenoxy) is 2. The highest BCUT2D eigenvalue weighted by atomic mass is 16.6. The Hall–Kier alpha value is -2.01. The lowest BCUT2D eigenvalue weighted by atomic mass is 9.96. The van der Waals surface area contributed by atoms with Gasteiger partial charge in [-0.1, -0.05) is 6.07 Å². The van der Waals surface area contributed by atoms with E-state index in [0.717, 1.165) is 31.0 Å². The summed E-state index contributed by atoms with van der Waals surface area (Å²) in [6.45, 7) is 3.08. The zero-order valence-electron chi connectivity index (χ0n) is 14.5. The quantitative estimate of drug-likeness (QED) is 0.866. The molecule has 0 fully saturated rings. The summed E-state index contributed by atoms with van der Waals surface area (Å²) in [4.78, 5) is 2.34. The third kappa shape index (κ3) is 3.00. The van der Waals surface area contributed by atoms with Gasteiger partial charge in [0.1, 0.15) is 13.2 Å². The van der Waals surface area contributed by atoms with Crippen LogP contribution in [0, 0.1) is 0 Å². The molecule has 128 valence electrons. The summed E-state index contributed by atoms with van der Waals surface area (Å²) >= 11 is 0. The highest BCUT2D eigenvalue weighted by Gasteiger charge is 2.20. The van der Waals surface area contributed by atoms with Gasteiger partial charge in [0.05, 0.1) is 11.4 Å². The van der Waals surface area contributed by atoms with E-state index in [1.54, 1.807) is 0 Å². The Balaban J connectivity index is 1.47. The van der Waals surface area contributed by atoms with Crippen LogP contribution in [0.25, 0.3) is 0 Å². The van der Waals surface area contributed by atoms with Gasteiger partial charge in [-0.2, -0.15) is 5.10 Å². The monoisotopic (exact) mass is 327 g/mol. The molecule has 24 heavy (non-hydrogen) atoms. The first-order valence-electron chi connectivity index (χ1n) is 8.81. The zero-order chi connectivity index (χ0) is 16.5. The molecule has 0 saturated heterocycles. The fraction of sp³-hybridized carbons (Fsp3) is 0.526. The van der Waals surface area contributed by atoms with Crippen molar-refractivity contribution in [2.75, 3.05) is 20.3 Å². The summed E-state index contributed by atoms with van der Waals surface area (Å²) in [5.41, 5.74) is 5.41. The summed E-state index contributed by atoms with van der Waals surface area (Å²) in [6.07, 6.45) is 4.87. The third-order valence-electron chi connectivity index (χ3n) is 4.93. The smallest absolute Gasteiger partial charge is 0.161 e. The maximum Gasteiger partial charge on any atom is 0.161 e. The molecule has 0 N–H and O–H groups in total. The maximum atomic E-state index is 5.69. The van der Waals surface area contributed by atoms with Crippen molar-refractivity contribution in [3.05, 3.63) is 40.7 Å². The summed E-state index contributed by atoms with van der Waals surface area (Å²) in [6, 6.07) is 6.25. The Labute approximate surface area is 143 Å². The van der Waals surface area contributed by atoms with E-state index in [1.807, 2.05) is 6.07 Å². The Morgan fingerprint density at radius 3 is 2.75 bits per heavy atom.